The lowest BCUT2D eigenvalue weighted by Gasteiger charge is -2.34. The molecule has 7 nitrogen and oxygen atoms in total. The van der Waals surface area contributed by atoms with E-state index in [9.17, 15) is 4.79 Å². The second-order valence-electron chi connectivity index (χ2n) is 5.56. The third-order valence-electron chi connectivity index (χ3n) is 4.07. The monoisotopic (exact) mass is 321 g/mol. The normalized spacial score (nSPS) is 16.2. The highest BCUT2D eigenvalue weighted by atomic mass is 32.1. The van der Waals surface area contributed by atoms with Crippen molar-refractivity contribution in [3.05, 3.63) is 27.6 Å². The third kappa shape index (κ3) is 2.89. The summed E-state index contributed by atoms with van der Waals surface area (Å²) >= 11 is 1.17. The Bertz CT molecular complexity index is 653. The van der Waals surface area contributed by atoms with Gasteiger partial charge in [-0.05, 0) is 32.3 Å². The highest BCUT2D eigenvalue weighted by Crippen LogP contribution is 2.18. The van der Waals surface area contributed by atoms with Crippen LogP contribution >= 0.6 is 11.5 Å². The van der Waals surface area contributed by atoms with Crippen molar-refractivity contribution in [3.63, 3.8) is 0 Å². The zero-order chi connectivity index (χ0) is 15.7. The van der Waals surface area contributed by atoms with Crippen molar-refractivity contribution in [1.82, 2.24) is 24.5 Å². The van der Waals surface area contributed by atoms with Gasteiger partial charge in [-0.1, -0.05) is 9.64 Å². The molecule has 0 saturated carbocycles. The number of carbonyl (C=O) groups excluding carboxylic acids is 1. The Morgan fingerprint density at radius 3 is 2.45 bits per heavy atom. The fourth-order valence-electron chi connectivity index (χ4n) is 2.63. The van der Waals surface area contributed by atoms with Crippen LogP contribution in [0.2, 0.25) is 0 Å². The second-order valence-corrected chi connectivity index (χ2v) is 6.31. The van der Waals surface area contributed by atoms with E-state index < -0.39 is 0 Å². The molecule has 0 bridgehead atoms. The predicted octanol–water partition coefficient (Wildman–Crippen LogP) is 1.41. The molecule has 0 aromatic carbocycles. The lowest BCUT2D eigenvalue weighted by molar-refractivity contribution is 0.0631. The molecule has 1 fully saturated rings. The van der Waals surface area contributed by atoms with Gasteiger partial charge in [-0.2, -0.15) is 0 Å². The number of aromatic nitrogens is 3. The first-order valence-corrected chi connectivity index (χ1v) is 8.06. The number of carbonyl (C=O) groups is 1. The van der Waals surface area contributed by atoms with Crippen LogP contribution in [0.15, 0.2) is 4.52 Å². The number of hydrogen-bond acceptors (Lipinski definition) is 7. The van der Waals surface area contributed by atoms with Crippen LogP contribution in [-0.4, -0.2) is 56.6 Å². The van der Waals surface area contributed by atoms with Crippen molar-refractivity contribution < 1.29 is 9.32 Å². The molecule has 1 saturated heterocycles. The van der Waals surface area contributed by atoms with Crippen molar-refractivity contribution >= 4 is 17.4 Å². The summed E-state index contributed by atoms with van der Waals surface area (Å²) in [5.41, 5.74) is 2.82. The average molecular weight is 321 g/mol. The summed E-state index contributed by atoms with van der Waals surface area (Å²) in [5.74, 6) is 0.923. The highest BCUT2D eigenvalue weighted by molar-refractivity contribution is 7.07. The maximum absolute atomic E-state index is 12.4. The third-order valence-corrected chi connectivity index (χ3v) is 4.88. The molecule has 0 atom stereocenters. The van der Waals surface area contributed by atoms with Gasteiger partial charge in [-0.15, -0.1) is 5.10 Å². The minimum Gasteiger partial charge on any atom is -0.361 e. The van der Waals surface area contributed by atoms with Gasteiger partial charge in [0, 0.05) is 38.3 Å². The molecule has 0 N–H and O–H groups in total. The number of piperazine rings is 1. The predicted molar refractivity (Wildman–Crippen MR) is 81.8 cm³/mol. The molecule has 3 heterocycles. The van der Waals surface area contributed by atoms with Crippen molar-refractivity contribution in [2.24, 2.45) is 0 Å². The smallest absolute Gasteiger partial charge is 0.267 e. The summed E-state index contributed by atoms with van der Waals surface area (Å²) in [4.78, 5) is 17.3. The summed E-state index contributed by atoms with van der Waals surface area (Å²) in [6.45, 7) is 9.69. The fourth-order valence-corrected chi connectivity index (χ4v) is 3.26. The minimum absolute atomic E-state index is 0.0458. The molecular weight excluding hydrogens is 302 g/mol. The molecule has 0 spiro atoms. The number of amides is 1. The Hall–Kier alpha value is -1.80. The molecule has 0 aliphatic carbocycles. The standard InChI is InChI=1S/C14H19N5O2S/c1-9-12(11(3)21-16-9)8-18-4-6-19(7-5-18)14(20)13-10(2)15-17-22-13/h4-8H2,1-3H3. The maximum Gasteiger partial charge on any atom is 0.267 e. The summed E-state index contributed by atoms with van der Waals surface area (Å²) in [5, 5.41) is 7.90. The number of rotatable bonds is 3. The van der Waals surface area contributed by atoms with Gasteiger partial charge in [0.05, 0.1) is 11.4 Å². The Labute approximate surface area is 133 Å². The first kappa shape index (κ1) is 15.1. The average Bonchev–Trinajstić information content (AvgIpc) is 3.08. The van der Waals surface area contributed by atoms with Crippen LogP contribution in [0.1, 0.15) is 32.4 Å². The van der Waals surface area contributed by atoms with Crippen LogP contribution in [0.3, 0.4) is 0 Å². The van der Waals surface area contributed by atoms with E-state index >= 15 is 0 Å². The van der Waals surface area contributed by atoms with Crippen LogP contribution in [0.5, 0.6) is 0 Å². The van der Waals surface area contributed by atoms with E-state index in [1.807, 2.05) is 25.7 Å². The van der Waals surface area contributed by atoms with E-state index in [4.69, 9.17) is 4.52 Å². The Morgan fingerprint density at radius 2 is 1.91 bits per heavy atom. The Balaban J connectivity index is 1.59. The van der Waals surface area contributed by atoms with E-state index in [0.717, 1.165) is 49.7 Å². The van der Waals surface area contributed by atoms with E-state index in [1.165, 1.54) is 11.5 Å². The minimum atomic E-state index is 0.0458. The van der Waals surface area contributed by atoms with Crippen molar-refractivity contribution in [2.75, 3.05) is 26.2 Å². The summed E-state index contributed by atoms with van der Waals surface area (Å²) in [6, 6.07) is 0. The summed E-state index contributed by atoms with van der Waals surface area (Å²) in [7, 11) is 0. The molecular formula is C14H19N5O2S. The SMILES string of the molecule is Cc1nnsc1C(=O)N1CCN(Cc2c(C)noc2C)CC1. The molecule has 2 aromatic heterocycles. The molecule has 0 radical (unpaired) electrons. The van der Waals surface area contributed by atoms with Crippen molar-refractivity contribution in [2.45, 2.75) is 27.3 Å². The second kappa shape index (κ2) is 6.13. The molecule has 1 aliphatic heterocycles. The van der Waals surface area contributed by atoms with E-state index in [0.29, 0.717) is 10.6 Å². The van der Waals surface area contributed by atoms with Crippen LogP contribution in [-0.2, 0) is 6.54 Å². The Morgan fingerprint density at radius 1 is 1.18 bits per heavy atom. The zero-order valence-electron chi connectivity index (χ0n) is 13.0. The van der Waals surface area contributed by atoms with Gasteiger partial charge in [-0.3, -0.25) is 9.69 Å². The van der Waals surface area contributed by atoms with Gasteiger partial charge in [-0.25, -0.2) is 0 Å². The lowest BCUT2D eigenvalue weighted by atomic mass is 10.1. The quantitative estimate of drug-likeness (QED) is 0.851. The lowest BCUT2D eigenvalue weighted by Crippen LogP contribution is -2.48. The largest absolute Gasteiger partial charge is 0.361 e. The molecule has 0 unspecified atom stereocenters. The maximum atomic E-state index is 12.4. The topological polar surface area (TPSA) is 75.4 Å². The highest BCUT2D eigenvalue weighted by Gasteiger charge is 2.25. The van der Waals surface area contributed by atoms with Gasteiger partial charge in [0.2, 0.25) is 0 Å². The number of aryl methyl sites for hydroxylation is 3. The molecule has 118 valence electrons. The van der Waals surface area contributed by atoms with Crippen molar-refractivity contribution in [3.8, 4) is 0 Å². The first-order chi connectivity index (χ1) is 10.6. The van der Waals surface area contributed by atoms with Gasteiger partial charge in [0.25, 0.3) is 5.91 Å². The fraction of sp³-hybridized carbons (Fsp3) is 0.571. The van der Waals surface area contributed by atoms with Crippen LogP contribution in [0, 0.1) is 20.8 Å². The molecule has 3 rings (SSSR count). The zero-order valence-corrected chi connectivity index (χ0v) is 13.8. The van der Waals surface area contributed by atoms with E-state index in [2.05, 4.69) is 19.6 Å². The van der Waals surface area contributed by atoms with Gasteiger partial charge < -0.3 is 9.42 Å². The number of nitrogens with zero attached hydrogens (tertiary/aromatic N) is 5. The summed E-state index contributed by atoms with van der Waals surface area (Å²) < 4.78 is 9.04. The number of hydrogen-bond donors (Lipinski definition) is 0. The van der Waals surface area contributed by atoms with Crippen LogP contribution in [0.4, 0.5) is 0 Å². The molecule has 1 amide bonds. The summed E-state index contributed by atoms with van der Waals surface area (Å²) in [6.07, 6.45) is 0. The molecule has 8 heteroatoms. The van der Waals surface area contributed by atoms with Crippen LogP contribution in [0.25, 0.3) is 0 Å². The van der Waals surface area contributed by atoms with Gasteiger partial charge in [0.1, 0.15) is 10.6 Å². The Kier molecular flexibility index (Phi) is 4.21. The van der Waals surface area contributed by atoms with Crippen molar-refractivity contribution in [1.29, 1.82) is 0 Å². The van der Waals surface area contributed by atoms with E-state index in [1.54, 1.807) is 0 Å². The first-order valence-electron chi connectivity index (χ1n) is 7.28. The molecule has 1 aliphatic rings. The van der Waals surface area contributed by atoms with Gasteiger partial charge >= 0.3 is 0 Å². The van der Waals surface area contributed by atoms with Gasteiger partial charge in [0.15, 0.2) is 0 Å². The van der Waals surface area contributed by atoms with Crippen LogP contribution < -0.4 is 0 Å². The molecule has 2 aromatic rings. The van der Waals surface area contributed by atoms with E-state index in [-0.39, 0.29) is 5.91 Å². The molecule has 22 heavy (non-hydrogen) atoms.